The van der Waals surface area contributed by atoms with Gasteiger partial charge in [0.15, 0.2) is 0 Å². The van der Waals surface area contributed by atoms with E-state index in [1.807, 2.05) is 24.3 Å². The molecule has 0 spiro atoms. The zero-order chi connectivity index (χ0) is 13.8. The van der Waals surface area contributed by atoms with Crippen LogP contribution in [0.25, 0.3) is 0 Å². The van der Waals surface area contributed by atoms with Crippen molar-refractivity contribution in [3.63, 3.8) is 0 Å². The van der Waals surface area contributed by atoms with E-state index in [9.17, 15) is 4.79 Å². The highest BCUT2D eigenvalue weighted by molar-refractivity contribution is 5.95. The van der Waals surface area contributed by atoms with Crippen LogP contribution >= 0.6 is 0 Å². The summed E-state index contributed by atoms with van der Waals surface area (Å²) in [5, 5.41) is 3.51. The molecular weight excluding hydrogens is 238 g/mol. The van der Waals surface area contributed by atoms with Crippen LogP contribution in [0.15, 0.2) is 24.3 Å². The van der Waals surface area contributed by atoms with Gasteiger partial charge in [0.05, 0.1) is 12.7 Å². The van der Waals surface area contributed by atoms with Gasteiger partial charge in [-0.15, -0.1) is 0 Å². The molecule has 0 aliphatic heterocycles. The summed E-state index contributed by atoms with van der Waals surface area (Å²) < 4.78 is 4.83. The fraction of sp³-hybridized carbons (Fsp3) is 0.562. The first kappa shape index (κ1) is 13.9. The summed E-state index contributed by atoms with van der Waals surface area (Å²) in [7, 11) is 1.42. The van der Waals surface area contributed by atoms with Gasteiger partial charge >= 0.3 is 5.97 Å². The quantitative estimate of drug-likeness (QED) is 0.843. The predicted molar refractivity (Wildman–Crippen MR) is 77.4 cm³/mol. The number of carbonyl (C=O) groups is 1. The smallest absolute Gasteiger partial charge is 0.339 e. The van der Waals surface area contributed by atoms with Gasteiger partial charge in [-0.2, -0.15) is 0 Å². The van der Waals surface area contributed by atoms with Gasteiger partial charge in [-0.05, 0) is 43.2 Å². The zero-order valence-corrected chi connectivity index (χ0v) is 12.0. The highest BCUT2D eigenvalue weighted by Gasteiger charge is 2.25. The summed E-state index contributed by atoms with van der Waals surface area (Å²) in [5.41, 5.74) is 1.51. The minimum Gasteiger partial charge on any atom is -0.465 e. The number of esters is 1. The number of ether oxygens (including phenoxy) is 1. The lowest BCUT2D eigenvalue weighted by Crippen LogP contribution is -2.30. The number of anilines is 1. The van der Waals surface area contributed by atoms with Gasteiger partial charge in [-0.1, -0.05) is 26.0 Å². The molecule has 1 aliphatic carbocycles. The molecular formula is C16H23NO2. The van der Waals surface area contributed by atoms with Crippen LogP contribution in [0.3, 0.4) is 0 Å². The largest absolute Gasteiger partial charge is 0.465 e. The van der Waals surface area contributed by atoms with Gasteiger partial charge in [0.1, 0.15) is 0 Å². The van der Waals surface area contributed by atoms with Crippen LogP contribution in [0, 0.1) is 11.8 Å². The van der Waals surface area contributed by atoms with E-state index in [0.717, 1.165) is 23.9 Å². The summed E-state index contributed by atoms with van der Waals surface area (Å²) in [5.74, 6) is 1.26. The van der Waals surface area contributed by atoms with Crippen molar-refractivity contribution in [1.29, 1.82) is 0 Å². The fourth-order valence-corrected chi connectivity index (χ4v) is 2.80. The molecule has 0 amide bonds. The molecule has 3 heteroatoms. The molecule has 3 nitrogen and oxygen atoms in total. The maximum atomic E-state index is 11.7. The standard InChI is InChI=1S/C16H23NO2/c1-11-8-9-13(10-12(11)2)17-15-7-5-4-6-14(15)16(18)19-3/h4-7,11-13,17H,8-10H2,1-3H3. The lowest BCUT2D eigenvalue weighted by Gasteiger charge is -2.33. The number of hydrogen-bond acceptors (Lipinski definition) is 3. The van der Waals surface area contributed by atoms with Crippen molar-refractivity contribution in [2.45, 2.75) is 39.2 Å². The Morgan fingerprint density at radius 3 is 2.63 bits per heavy atom. The summed E-state index contributed by atoms with van der Waals surface area (Å²) in [6.07, 6.45) is 3.58. The van der Waals surface area contributed by atoms with Crippen molar-refractivity contribution < 1.29 is 9.53 Å². The van der Waals surface area contributed by atoms with Crippen LogP contribution in [-0.4, -0.2) is 19.1 Å². The molecule has 3 unspecified atom stereocenters. The summed E-state index contributed by atoms with van der Waals surface area (Å²) >= 11 is 0. The second-order valence-electron chi connectivity index (χ2n) is 5.65. The van der Waals surface area contributed by atoms with E-state index in [1.165, 1.54) is 20.0 Å². The Morgan fingerprint density at radius 2 is 1.95 bits per heavy atom. The SMILES string of the molecule is COC(=O)c1ccccc1NC1CCC(C)C(C)C1. The predicted octanol–water partition coefficient (Wildman–Crippen LogP) is 3.71. The molecule has 3 atom stereocenters. The van der Waals surface area contributed by atoms with Gasteiger partial charge in [0.25, 0.3) is 0 Å². The van der Waals surface area contributed by atoms with Crippen molar-refractivity contribution in [3.8, 4) is 0 Å². The van der Waals surface area contributed by atoms with E-state index < -0.39 is 0 Å². The van der Waals surface area contributed by atoms with E-state index >= 15 is 0 Å². The van der Waals surface area contributed by atoms with E-state index in [0.29, 0.717) is 11.6 Å². The molecule has 1 N–H and O–H groups in total. The molecule has 1 aromatic rings. The molecule has 19 heavy (non-hydrogen) atoms. The lowest BCUT2D eigenvalue weighted by atomic mass is 9.79. The molecule has 0 bridgehead atoms. The average Bonchev–Trinajstić information content (AvgIpc) is 2.43. The number of hydrogen-bond donors (Lipinski definition) is 1. The minimum absolute atomic E-state index is 0.277. The maximum Gasteiger partial charge on any atom is 0.339 e. The van der Waals surface area contributed by atoms with Crippen molar-refractivity contribution in [2.24, 2.45) is 11.8 Å². The highest BCUT2D eigenvalue weighted by Crippen LogP contribution is 2.31. The van der Waals surface area contributed by atoms with E-state index in [4.69, 9.17) is 4.74 Å². The molecule has 1 saturated carbocycles. The first-order valence-corrected chi connectivity index (χ1v) is 7.05. The maximum absolute atomic E-state index is 11.7. The van der Waals surface area contributed by atoms with Crippen LogP contribution in [0.2, 0.25) is 0 Å². The van der Waals surface area contributed by atoms with E-state index in [1.54, 1.807) is 0 Å². The third-order valence-corrected chi connectivity index (χ3v) is 4.29. The monoisotopic (exact) mass is 261 g/mol. The normalized spacial score (nSPS) is 26.8. The van der Waals surface area contributed by atoms with E-state index in [2.05, 4.69) is 19.2 Å². The molecule has 1 aromatic carbocycles. The Balaban J connectivity index is 2.09. The van der Waals surface area contributed by atoms with Crippen LogP contribution in [0.4, 0.5) is 5.69 Å². The van der Waals surface area contributed by atoms with Gasteiger partial charge in [-0.25, -0.2) is 4.79 Å². The number of nitrogens with one attached hydrogen (secondary N) is 1. The third kappa shape index (κ3) is 3.28. The molecule has 1 fully saturated rings. The van der Waals surface area contributed by atoms with Gasteiger partial charge in [0, 0.05) is 11.7 Å². The van der Waals surface area contributed by atoms with Gasteiger partial charge in [-0.3, -0.25) is 0 Å². The zero-order valence-electron chi connectivity index (χ0n) is 12.0. The van der Waals surface area contributed by atoms with Crippen molar-refractivity contribution in [1.82, 2.24) is 0 Å². The van der Waals surface area contributed by atoms with Crippen LogP contribution in [-0.2, 0) is 4.74 Å². The first-order chi connectivity index (χ1) is 9.11. The Hall–Kier alpha value is -1.51. The molecule has 0 radical (unpaired) electrons. The third-order valence-electron chi connectivity index (χ3n) is 4.29. The van der Waals surface area contributed by atoms with Gasteiger partial charge < -0.3 is 10.1 Å². The molecule has 1 aliphatic rings. The first-order valence-electron chi connectivity index (χ1n) is 7.05. The molecule has 0 heterocycles. The molecule has 0 aromatic heterocycles. The fourth-order valence-electron chi connectivity index (χ4n) is 2.80. The van der Waals surface area contributed by atoms with Gasteiger partial charge in [0.2, 0.25) is 0 Å². The Labute approximate surface area is 115 Å². The number of benzene rings is 1. The average molecular weight is 261 g/mol. The molecule has 0 saturated heterocycles. The van der Waals surface area contributed by atoms with Crippen molar-refractivity contribution in [2.75, 3.05) is 12.4 Å². The summed E-state index contributed by atoms with van der Waals surface area (Å²) in [6, 6.07) is 8.03. The number of methoxy groups -OCH3 is 1. The minimum atomic E-state index is -0.277. The van der Waals surface area contributed by atoms with Crippen LogP contribution in [0.5, 0.6) is 0 Å². The summed E-state index contributed by atoms with van der Waals surface area (Å²) in [4.78, 5) is 11.7. The Kier molecular flexibility index (Phi) is 4.46. The van der Waals surface area contributed by atoms with E-state index in [-0.39, 0.29) is 5.97 Å². The Morgan fingerprint density at radius 1 is 1.21 bits per heavy atom. The number of carbonyl (C=O) groups excluding carboxylic acids is 1. The number of para-hydroxylation sites is 1. The Bertz CT molecular complexity index is 444. The second kappa shape index (κ2) is 6.09. The topological polar surface area (TPSA) is 38.3 Å². The van der Waals surface area contributed by atoms with Crippen LogP contribution in [0.1, 0.15) is 43.5 Å². The molecule has 2 rings (SSSR count). The summed E-state index contributed by atoms with van der Waals surface area (Å²) in [6.45, 7) is 4.63. The highest BCUT2D eigenvalue weighted by atomic mass is 16.5. The van der Waals surface area contributed by atoms with Crippen molar-refractivity contribution >= 4 is 11.7 Å². The lowest BCUT2D eigenvalue weighted by molar-refractivity contribution is 0.0601. The number of rotatable bonds is 3. The van der Waals surface area contributed by atoms with Crippen molar-refractivity contribution in [3.05, 3.63) is 29.8 Å². The molecule has 104 valence electrons. The second-order valence-corrected chi connectivity index (χ2v) is 5.65. The van der Waals surface area contributed by atoms with Crippen LogP contribution < -0.4 is 5.32 Å².